The highest BCUT2D eigenvalue weighted by Gasteiger charge is 2.29. The van der Waals surface area contributed by atoms with E-state index in [9.17, 15) is 13.2 Å². The van der Waals surface area contributed by atoms with Gasteiger partial charge in [-0.1, -0.05) is 0 Å². The highest BCUT2D eigenvalue weighted by Crippen LogP contribution is 2.10. The maximum atomic E-state index is 11.2. The maximum absolute atomic E-state index is 11.2. The Balaban J connectivity index is 3.39. The molecule has 0 rings (SSSR count). The maximum Gasteiger partial charge on any atom is 0.435 e. The third kappa shape index (κ3) is 5.75. The fourth-order valence-corrected chi connectivity index (χ4v) is 0.342. The zero-order valence-corrected chi connectivity index (χ0v) is 4.55. The van der Waals surface area contributed by atoms with Crippen LogP contribution in [-0.4, -0.2) is 19.8 Å². The molecule has 0 saturated carbocycles. The molecule has 0 aromatic heterocycles. The minimum Gasteiger partial charge on any atom is -0.463 e. The number of halogens is 3. The van der Waals surface area contributed by atoms with E-state index in [1.54, 1.807) is 0 Å². The first-order valence-corrected chi connectivity index (χ1v) is 2.13. The van der Waals surface area contributed by atoms with Crippen molar-refractivity contribution in [3.05, 3.63) is 7.05 Å². The van der Waals surface area contributed by atoms with Crippen LogP contribution in [0.25, 0.3) is 0 Å². The van der Waals surface area contributed by atoms with Crippen molar-refractivity contribution in [1.82, 2.24) is 0 Å². The summed E-state index contributed by atoms with van der Waals surface area (Å²) in [6.45, 7) is -0.868. The van der Waals surface area contributed by atoms with Crippen LogP contribution in [0.4, 0.5) is 13.2 Å². The van der Waals surface area contributed by atoms with E-state index < -0.39 is 12.7 Å². The third-order valence-corrected chi connectivity index (χ3v) is 0.502. The quantitative estimate of drug-likeness (QED) is 0.467. The van der Waals surface area contributed by atoms with Gasteiger partial charge in [-0.25, -0.2) is 0 Å². The number of hydrogen-bond acceptors (Lipinski definition) is 0. The summed E-state index contributed by atoms with van der Waals surface area (Å²) < 4.78 is 33.7. The van der Waals surface area contributed by atoms with Crippen molar-refractivity contribution in [2.45, 2.75) is 6.18 Å². The first kappa shape index (κ1) is 7.75. The summed E-state index contributed by atoms with van der Waals surface area (Å²) in [5.74, 6) is 0. The van der Waals surface area contributed by atoms with Crippen molar-refractivity contribution in [2.75, 3.05) is 13.6 Å². The van der Waals surface area contributed by atoms with E-state index in [-0.39, 0.29) is 4.90 Å². The number of hydrogen-bond donors (Lipinski definition) is 1. The van der Waals surface area contributed by atoms with Crippen LogP contribution >= 0.6 is 0 Å². The number of nitrogens with one attached hydrogen (secondary N) is 1. The second-order valence-electron chi connectivity index (χ2n) is 1.75. The molecule has 1 N–H and O–H groups in total. The molecule has 0 aromatic rings. The predicted molar refractivity (Wildman–Crippen MR) is 23.2 cm³/mol. The molecule has 0 aliphatic carbocycles. The van der Waals surface area contributed by atoms with Gasteiger partial charge in [-0.05, 0) is 0 Å². The molecule has 0 saturated heterocycles. The van der Waals surface area contributed by atoms with E-state index in [0.717, 1.165) is 0 Å². The van der Waals surface area contributed by atoms with E-state index in [4.69, 9.17) is 0 Å². The van der Waals surface area contributed by atoms with Crippen molar-refractivity contribution >= 4 is 0 Å². The summed E-state index contributed by atoms with van der Waals surface area (Å²) in [5, 5.41) is 0. The van der Waals surface area contributed by atoms with Gasteiger partial charge in [0.2, 0.25) is 0 Å². The van der Waals surface area contributed by atoms with Crippen LogP contribution in [0.3, 0.4) is 0 Å². The summed E-state index contributed by atoms with van der Waals surface area (Å²) in [6, 6.07) is 0. The molecule has 0 fully saturated rings. The normalized spacial score (nSPS) is 16.1. The summed E-state index contributed by atoms with van der Waals surface area (Å²) in [4.78, 5) is 0.150. The van der Waals surface area contributed by atoms with Crippen LogP contribution in [0.15, 0.2) is 0 Å². The molecule has 50 valence electrons. The average molecular weight is 127 g/mol. The smallest absolute Gasteiger partial charge is 0.435 e. The number of alkyl halides is 3. The lowest BCUT2D eigenvalue weighted by Gasteiger charge is -2.15. The van der Waals surface area contributed by atoms with Crippen LogP contribution < -0.4 is 4.90 Å². The van der Waals surface area contributed by atoms with E-state index in [1.165, 1.54) is 7.05 Å². The topological polar surface area (TPSA) is 4.44 Å². The number of quaternary nitrogens is 1. The van der Waals surface area contributed by atoms with Gasteiger partial charge in [0.1, 0.15) is 0 Å². The average Bonchev–Trinajstić information content (AvgIpc) is 1.21. The molecule has 1 unspecified atom stereocenters. The van der Waals surface area contributed by atoms with Gasteiger partial charge in [0.25, 0.3) is 0 Å². The molecule has 1 atom stereocenters. The lowest BCUT2D eigenvalue weighted by molar-refractivity contribution is -0.844. The summed E-state index contributed by atoms with van der Waals surface area (Å²) in [5.41, 5.74) is 0. The highest BCUT2D eigenvalue weighted by molar-refractivity contribution is 4.41. The Bertz CT molecular complexity index is 66.2. The molecule has 0 bridgehead atoms. The first-order valence-electron chi connectivity index (χ1n) is 2.13. The van der Waals surface area contributed by atoms with Crippen LogP contribution in [0, 0.1) is 7.05 Å². The highest BCUT2D eigenvalue weighted by atomic mass is 19.4. The Morgan fingerprint density at radius 1 is 1.50 bits per heavy atom. The van der Waals surface area contributed by atoms with Crippen LogP contribution in [-0.2, 0) is 0 Å². The lowest BCUT2D eigenvalue weighted by Crippen LogP contribution is -3.05. The Labute approximate surface area is 46.1 Å². The Morgan fingerprint density at radius 3 is 1.88 bits per heavy atom. The molecule has 0 radical (unpaired) electrons. The summed E-state index contributed by atoms with van der Waals surface area (Å²) in [6.07, 6.45) is -4.08. The summed E-state index contributed by atoms with van der Waals surface area (Å²) >= 11 is 0. The van der Waals surface area contributed by atoms with Gasteiger partial charge >= 0.3 is 6.18 Å². The largest absolute Gasteiger partial charge is 0.463 e. The van der Waals surface area contributed by atoms with Crippen LogP contribution in [0.1, 0.15) is 0 Å². The molecule has 8 heavy (non-hydrogen) atoms. The third-order valence-electron chi connectivity index (χ3n) is 0.502. The SMILES string of the molecule is [CH2-][NH+](C)CC(F)(F)F. The van der Waals surface area contributed by atoms with Crippen molar-refractivity contribution in [3.63, 3.8) is 0 Å². The molecule has 0 aliphatic heterocycles. The fourth-order valence-electron chi connectivity index (χ4n) is 0.342. The Kier molecular flexibility index (Phi) is 2.27. The van der Waals surface area contributed by atoms with Gasteiger partial charge < -0.3 is 4.90 Å². The molecule has 0 heterocycles. The first-order chi connectivity index (χ1) is 3.42. The number of rotatable bonds is 1. The van der Waals surface area contributed by atoms with Crippen LogP contribution in [0.5, 0.6) is 0 Å². The lowest BCUT2D eigenvalue weighted by atomic mass is 10.6. The zero-order chi connectivity index (χ0) is 6.78. The standard InChI is InChI=1S/C4H8F3N/c1-8(2)3-4(5,6)7/h8H,1,3H2,2H3. The molecule has 0 aliphatic rings. The molecule has 1 nitrogen and oxygen atoms in total. The second kappa shape index (κ2) is 2.35. The second-order valence-corrected chi connectivity index (χ2v) is 1.75. The molecular formula is C4H8F3N. The molecule has 0 aromatic carbocycles. The summed E-state index contributed by atoms with van der Waals surface area (Å²) in [7, 11) is 4.48. The van der Waals surface area contributed by atoms with Crippen molar-refractivity contribution in [2.24, 2.45) is 0 Å². The minimum absolute atomic E-state index is 0.150. The predicted octanol–water partition coefficient (Wildman–Crippen LogP) is -0.145. The van der Waals surface area contributed by atoms with Crippen molar-refractivity contribution < 1.29 is 18.1 Å². The van der Waals surface area contributed by atoms with Crippen LogP contribution in [0.2, 0.25) is 0 Å². The Morgan fingerprint density at radius 2 is 1.88 bits per heavy atom. The fraction of sp³-hybridized carbons (Fsp3) is 0.750. The molecule has 4 heteroatoms. The van der Waals surface area contributed by atoms with E-state index >= 15 is 0 Å². The molecular weight excluding hydrogens is 119 g/mol. The monoisotopic (exact) mass is 127 g/mol. The van der Waals surface area contributed by atoms with Gasteiger partial charge in [0, 0.05) is 7.05 Å². The van der Waals surface area contributed by atoms with Gasteiger partial charge in [0.15, 0.2) is 6.54 Å². The molecule has 0 amide bonds. The van der Waals surface area contributed by atoms with E-state index in [2.05, 4.69) is 7.05 Å². The van der Waals surface area contributed by atoms with Gasteiger partial charge in [0.05, 0.1) is 0 Å². The minimum atomic E-state index is -4.08. The van der Waals surface area contributed by atoms with Crippen molar-refractivity contribution in [3.8, 4) is 0 Å². The van der Waals surface area contributed by atoms with Crippen molar-refractivity contribution in [1.29, 1.82) is 0 Å². The van der Waals surface area contributed by atoms with Gasteiger partial charge in [-0.2, -0.15) is 20.2 Å². The van der Waals surface area contributed by atoms with E-state index in [0.29, 0.717) is 0 Å². The Hall–Kier alpha value is -0.250. The zero-order valence-electron chi connectivity index (χ0n) is 4.55. The van der Waals surface area contributed by atoms with E-state index in [1.807, 2.05) is 0 Å². The van der Waals surface area contributed by atoms with Gasteiger partial charge in [-0.3, -0.25) is 0 Å². The molecule has 0 spiro atoms. The van der Waals surface area contributed by atoms with Gasteiger partial charge in [-0.15, -0.1) is 0 Å².